The number of benzene rings is 2. The zero-order valence-electron chi connectivity index (χ0n) is 14.6. The Bertz CT molecular complexity index is 908. The zero-order chi connectivity index (χ0) is 18.5. The van der Waals surface area contributed by atoms with E-state index in [2.05, 4.69) is 15.5 Å². The van der Waals surface area contributed by atoms with Crippen LogP contribution in [-0.4, -0.2) is 26.4 Å². The zero-order valence-corrected chi connectivity index (χ0v) is 15.4. The number of rotatable bonds is 6. The van der Waals surface area contributed by atoms with Crippen molar-refractivity contribution in [1.29, 1.82) is 0 Å². The summed E-state index contributed by atoms with van der Waals surface area (Å²) in [5.74, 6) is 0.594. The molecule has 1 aromatic heterocycles. The van der Waals surface area contributed by atoms with Crippen LogP contribution in [0.15, 0.2) is 53.7 Å². The van der Waals surface area contributed by atoms with E-state index in [9.17, 15) is 9.18 Å². The molecule has 0 aliphatic heterocycles. The van der Waals surface area contributed by atoms with Crippen LogP contribution >= 0.6 is 11.8 Å². The average Bonchev–Trinajstić information content (AvgIpc) is 3.00. The van der Waals surface area contributed by atoms with Crippen molar-refractivity contribution in [2.75, 3.05) is 5.75 Å². The van der Waals surface area contributed by atoms with Gasteiger partial charge in [-0.2, -0.15) is 0 Å². The van der Waals surface area contributed by atoms with Gasteiger partial charge < -0.3 is 5.32 Å². The first-order valence-corrected chi connectivity index (χ1v) is 9.15. The van der Waals surface area contributed by atoms with Gasteiger partial charge in [-0.05, 0) is 43.2 Å². The average molecular weight is 370 g/mol. The number of hydrogen-bond acceptors (Lipinski definition) is 4. The van der Waals surface area contributed by atoms with Crippen molar-refractivity contribution in [1.82, 2.24) is 20.1 Å². The Morgan fingerprint density at radius 1 is 1.12 bits per heavy atom. The van der Waals surface area contributed by atoms with Crippen molar-refractivity contribution < 1.29 is 9.18 Å². The third kappa shape index (κ3) is 4.29. The number of halogens is 1. The lowest BCUT2D eigenvalue weighted by Gasteiger charge is -2.11. The summed E-state index contributed by atoms with van der Waals surface area (Å²) >= 11 is 1.33. The Balaban J connectivity index is 1.62. The molecular weight excluding hydrogens is 351 g/mol. The lowest BCUT2D eigenvalue weighted by Crippen LogP contribution is -2.24. The third-order valence-corrected chi connectivity index (χ3v) is 4.82. The summed E-state index contributed by atoms with van der Waals surface area (Å²) in [6, 6.07) is 14.0. The molecule has 3 aromatic rings. The summed E-state index contributed by atoms with van der Waals surface area (Å²) in [5, 5.41) is 11.8. The standard InChI is InChI=1S/C19H19FN4OS/c1-13-5-3-4-6-17(13)24-14(2)22-23-19(24)26-12-18(25)21-11-15-7-9-16(20)10-8-15/h3-10H,11-12H2,1-2H3,(H,21,25). The Hall–Kier alpha value is -2.67. The SMILES string of the molecule is Cc1ccccc1-n1c(C)nnc1SCC(=O)NCc1ccc(F)cc1. The van der Waals surface area contributed by atoms with Gasteiger partial charge in [0.25, 0.3) is 0 Å². The molecule has 0 radical (unpaired) electrons. The molecule has 1 amide bonds. The molecule has 0 atom stereocenters. The van der Waals surface area contributed by atoms with Crippen LogP contribution in [0, 0.1) is 19.7 Å². The molecule has 0 unspecified atom stereocenters. The Kier molecular flexibility index (Phi) is 5.68. The first kappa shape index (κ1) is 18.1. The predicted molar refractivity (Wildman–Crippen MR) is 99.8 cm³/mol. The number of hydrogen-bond donors (Lipinski definition) is 1. The first-order valence-electron chi connectivity index (χ1n) is 8.16. The van der Waals surface area contributed by atoms with E-state index in [1.807, 2.05) is 42.7 Å². The number of nitrogens with zero attached hydrogens (tertiary/aromatic N) is 3. The molecule has 0 saturated carbocycles. The topological polar surface area (TPSA) is 59.8 Å². The van der Waals surface area contributed by atoms with Crippen molar-refractivity contribution in [2.45, 2.75) is 25.5 Å². The van der Waals surface area contributed by atoms with Crippen LogP contribution in [-0.2, 0) is 11.3 Å². The summed E-state index contributed by atoms with van der Waals surface area (Å²) in [7, 11) is 0. The highest BCUT2D eigenvalue weighted by Gasteiger charge is 2.14. The summed E-state index contributed by atoms with van der Waals surface area (Å²) in [6.45, 7) is 4.28. The predicted octanol–water partition coefficient (Wildman–Crippen LogP) is 3.43. The molecule has 1 N–H and O–H groups in total. The van der Waals surface area contributed by atoms with Gasteiger partial charge in [0.15, 0.2) is 5.16 Å². The maximum Gasteiger partial charge on any atom is 0.230 e. The smallest absolute Gasteiger partial charge is 0.230 e. The molecule has 7 heteroatoms. The highest BCUT2D eigenvalue weighted by Crippen LogP contribution is 2.23. The summed E-state index contributed by atoms with van der Waals surface area (Å²) in [6.07, 6.45) is 0. The molecule has 0 saturated heterocycles. The number of amides is 1. The fourth-order valence-corrected chi connectivity index (χ4v) is 3.33. The Labute approximate surface area is 155 Å². The van der Waals surface area contributed by atoms with Gasteiger partial charge in [0.1, 0.15) is 11.6 Å². The maximum absolute atomic E-state index is 12.9. The molecule has 0 fully saturated rings. The molecule has 0 spiro atoms. The number of aromatic nitrogens is 3. The summed E-state index contributed by atoms with van der Waals surface area (Å²) in [5.41, 5.74) is 2.96. The van der Waals surface area contributed by atoms with E-state index in [0.717, 1.165) is 22.6 Å². The normalized spacial score (nSPS) is 10.7. The molecule has 0 aliphatic rings. The monoisotopic (exact) mass is 370 g/mol. The molecule has 3 rings (SSSR count). The van der Waals surface area contributed by atoms with Crippen LogP contribution in [0.5, 0.6) is 0 Å². The summed E-state index contributed by atoms with van der Waals surface area (Å²) < 4.78 is 14.8. The number of carbonyl (C=O) groups is 1. The highest BCUT2D eigenvalue weighted by atomic mass is 32.2. The van der Waals surface area contributed by atoms with Gasteiger partial charge in [0, 0.05) is 6.54 Å². The second-order valence-corrected chi connectivity index (χ2v) is 6.79. The Morgan fingerprint density at radius 2 is 1.85 bits per heavy atom. The largest absolute Gasteiger partial charge is 0.351 e. The van der Waals surface area contributed by atoms with Crippen LogP contribution in [0.3, 0.4) is 0 Å². The minimum atomic E-state index is -0.290. The van der Waals surface area contributed by atoms with Gasteiger partial charge >= 0.3 is 0 Å². The fraction of sp³-hybridized carbons (Fsp3) is 0.211. The molecule has 5 nitrogen and oxygen atoms in total. The van der Waals surface area contributed by atoms with E-state index in [1.165, 1.54) is 23.9 Å². The van der Waals surface area contributed by atoms with Gasteiger partial charge in [0.05, 0.1) is 11.4 Å². The van der Waals surface area contributed by atoms with Gasteiger partial charge in [-0.25, -0.2) is 4.39 Å². The van der Waals surface area contributed by atoms with Crippen LogP contribution in [0.1, 0.15) is 17.0 Å². The van der Waals surface area contributed by atoms with E-state index in [0.29, 0.717) is 11.7 Å². The number of nitrogens with one attached hydrogen (secondary N) is 1. The quantitative estimate of drug-likeness (QED) is 0.676. The molecule has 1 heterocycles. The summed E-state index contributed by atoms with van der Waals surface area (Å²) in [4.78, 5) is 12.1. The number of para-hydroxylation sites is 1. The molecule has 26 heavy (non-hydrogen) atoms. The van der Waals surface area contributed by atoms with Crippen LogP contribution in [0.4, 0.5) is 4.39 Å². The van der Waals surface area contributed by atoms with E-state index < -0.39 is 0 Å². The minimum absolute atomic E-state index is 0.115. The van der Waals surface area contributed by atoms with Crippen molar-refractivity contribution in [3.8, 4) is 5.69 Å². The van der Waals surface area contributed by atoms with Crippen molar-refractivity contribution in [3.05, 3.63) is 71.3 Å². The van der Waals surface area contributed by atoms with Crippen molar-refractivity contribution >= 4 is 17.7 Å². The number of carbonyl (C=O) groups excluding carboxylic acids is 1. The number of aryl methyl sites for hydroxylation is 2. The second-order valence-electron chi connectivity index (χ2n) is 5.84. The maximum atomic E-state index is 12.9. The minimum Gasteiger partial charge on any atom is -0.351 e. The third-order valence-electron chi connectivity index (χ3n) is 3.89. The molecular formula is C19H19FN4OS. The van der Waals surface area contributed by atoms with Gasteiger partial charge in [0.2, 0.25) is 5.91 Å². The van der Waals surface area contributed by atoms with Gasteiger partial charge in [-0.15, -0.1) is 10.2 Å². The van der Waals surface area contributed by atoms with E-state index in [4.69, 9.17) is 0 Å². The van der Waals surface area contributed by atoms with Crippen molar-refractivity contribution in [3.63, 3.8) is 0 Å². The lowest BCUT2D eigenvalue weighted by molar-refractivity contribution is -0.118. The lowest BCUT2D eigenvalue weighted by atomic mass is 10.2. The fourth-order valence-electron chi connectivity index (χ4n) is 2.51. The molecule has 0 aliphatic carbocycles. The Morgan fingerprint density at radius 3 is 2.58 bits per heavy atom. The van der Waals surface area contributed by atoms with Gasteiger partial charge in [-0.1, -0.05) is 42.1 Å². The molecule has 134 valence electrons. The first-order chi connectivity index (χ1) is 12.5. The molecule has 0 bridgehead atoms. The second kappa shape index (κ2) is 8.14. The van der Waals surface area contributed by atoms with E-state index in [1.54, 1.807) is 12.1 Å². The highest BCUT2D eigenvalue weighted by molar-refractivity contribution is 7.99. The van der Waals surface area contributed by atoms with E-state index >= 15 is 0 Å². The van der Waals surface area contributed by atoms with Crippen molar-refractivity contribution in [2.24, 2.45) is 0 Å². The van der Waals surface area contributed by atoms with Crippen LogP contribution in [0.2, 0.25) is 0 Å². The number of thioether (sulfide) groups is 1. The molecule has 2 aromatic carbocycles. The van der Waals surface area contributed by atoms with Gasteiger partial charge in [-0.3, -0.25) is 9.36 Å². The van der Waals surface area contributed by atoms with Crippen LogP contribution in [0.25, 0.3) is 5.69 Å². The van der Waals surface area contributed by atoms with E-state index in [-0.39, 0.29) is 17.5 Å². The van der Waals surface area contributed by atoms with Crippen LogP contribution < -0.4 is 5.32 Å².